The first-order chi connectivity index (χ1) is 15.6. The molecule has 0 spiro atoms. The van der Waals surface area contributed by atoms with Crippen molar-refractivity contribution in [3.63, 3.8) is 0 Å². The van der Waals surface area contributed by atoms with Crippen molar-refractivity contribution in [2.24, 2.45) is 23.3 Å². The van der Waals surface area contributed by atoms with E-state index in [0.29, 0.717) is 12.0 Å². The summed E-state index contributed by atoms with van der Waals surface area (Å²) >= 11 is 0. The van der Waals surface area contributed by atoms with E-state index in [4.69, 9.17) is 16.9 Å². The van der Waals surface area contributed by atoms with Crippen LogP contribution >= 0.6 is 0 Å². The molecule has 0 aliphatic carbocycles. The van der Waals surface area contributed by atoms with Crippen LogP contribution in [0, 0.1) is 17.2 Å². The summed E-state index contributed by atoms with van der Waals surface area (Å²) in [6, 6.07) is 4.83. The average Bonchev–Trinajstić information content (AvgIpc) is 3.20. The minimum atomic E-state index is -2.02. The lowest BCUT2D eigenvalue weighted by molar-refractivity contribution is -0.160. The van der Waals surface area contributed by atoms with Crippen molar-refractivity contribution in [2.45, 2.75) is 37.8 Å². The molecule has 7 N–H and O–H groups in total. The van der Waals surface area contributed by atoms with Crippen LogP contribution < -0.4 is 11.5 Å². The number of primary amides is 1. The van der Waals surface area contributed by atoms with Crippen LogP contribution in [0.4, 0.5) is 0 Å². The number of nitrogens with one attached hydrogen (secondary N) is 1. The maximum atomic E-state index is 13.5. The summed E-state index contributed by atoms with van der Waals surface area (Å²) in [6.07, 6.45) is 1.08. The SMILES string of the molecule is CCCCN1C(=O)C2C(CO)N(CCC(N)=O)C(C(=O)O)(c3ccc(C(=N)N)cc3)C2C1=O. The van der Waals surface area contributed by atoms with Crippen molar-refractivity contribution in [1.82, 2.24) is 9.80 Å². The molecular weight excluding hydrogens is 430 g/mol. The van der Waals surface area contributed by atoms with Crippen LogP contribution in [-0.2, 0) is 24.7 Å². The molecule has 3 rings (SSSR count). The molecule has 2 aliphatic rings. The van der Waals surface area contributed by atoms with E-state index < -0.39 is 53.7 Å². The topological polar surface area (TPSA) is 191 Å². The van der Waals surface area contributed by atoms with E-state index in [9.17, 15) is 29.4 Å². The quantitative estimate of drug-likeness (QED) is 0.171. The van der Waals surface area contributed by atoms with Crippen molar-refractivity contribution in [2.75, 3.05) is 19.7 Å². The number of carboxylic acid groups (broad SMARTS) is 1. The molecule has 33 heavy (non-hydrogen) atoms. The maximum Gasteiger partial charge on any atom is 0.329 e. The third kappa shape index (κ3) is 3.76. The Kier molecular flexibility index (Phi) is 6.84. The molecule has 2 heterocycles. The molecule has 2 aliphatic heterocycles. The number of aliphatic carboxylic acids is 1. The molecule has 0 saturated carbocycles. The second-order valence-electron chi connectivity index (χ2n) is 8.41. The van der Waals surface area contributed by atoms with Crippen LogP contribution in [0.25, 0.3) is 0 Å². The van der Waals surface area contributed by atoms with Crippen LogP contribution in [0.15, 0.2) is 24.3 Å². The van der Waals surface area contributed by atoms with E-state index in [2.05, 4.69) is 0 Å². The molecule has 2 fully saturated rings. The number of nitrogens with two attached hydrogens (primary N) is 2. The summed E-state index contributed by atoms with van der Waals surface area (Å²) in [5.41, 5.74) is 9.35. The molecule has 1 aromatic rings. The van der Waals surface area contributed by atoms with Crippen molar-refractivity contribution in [3.05, 3.63) is 35.4 Å². The fourth-order valence-electron chi connectivity index (χ4n) is 5.16. The highest BCUT2D eigenvalue weighted by Crippen LogP contribution is 2.54. The minimum Gasteiger partial charge on any atom is -0.480 e. The van der Waals surface area contributed by atoms with Gasteiger partial charge in [-0.05, 0) is 12.0 Å². The first-order valence-electron chi connectivity index (χ1n) is 10.8. The summed E-state index contributed by atoms with van der Waals surface area (Å²) in [7, 11) is 0. The molecule has 11 heteroatoms. The number of imide groups is 1. The number of likely N-dealkylation sites (tertiary alicyclic amines) is 2. The Bertz CT molecular complexity index is 980. The van der Waals surface area contributed by atoms with Crippen molar-refractivity contribution >= 4 is 29.5 Å². The number of rotatable bonds is 10. The third-order valence-corrected chi connectivity index (χ3v) is 6.64. The number of carboxylic acids is 1. The predicted octanol–water partition coefficient (Wildman–Crippen LogP) is -0.796. The van der Waals surface area contributed by atoms with Crippen molar-refractivity contribution < 1.29 is 29.4 Å². The molecule has 178 valence electrons. The fraction of sp³-hybridized carbons (Fsp3) is 0.500. The third-order valence-electron chi connectivity index (χ3n) is 6.64. The highest BCUT2D eigenvalue weighted by atomic mass is 16.4. The number of carbonyl (C=O) groups excluding carboxylic acids is 3. The number of carbonyl (C=O) groups is 4. The number of fused-ring (bicyclic) bond motifs is 1. The molecular formula is C22H29N5O6. The van der Waals surface area contributed by atoms with Gasteiger partial charge in [-0.2, -0.15) is 0 Å². The van der Waals surface area contributed by atoms with Gasteiger partial charge in [0.2, 0.25) is 17.7 Å². The number of amidine groups is 1. The first-order valence-corrected chi connectivity index (χ1v) is 10.8. The zero-order chi connectivity index (χ0) is 24.5. The Morgan fingerprint density at radius 3 is 2.24 bits per heavy atom. The van der Waals surface area contributed by atoms with Gasteiger partial charge < -0.3 is 21.7 Å². The maximum absolute atomic E-state index is 13.5. The van der Waals surface area contributed by atoms with Crippen LogP contribution in [0.5, 0.6) is 0 Å². The van der Waals surface area contributed by atoms with Crippen molar-refractivity contribution in [3.8, 4) is 0 Å². The lowest BCUT2D eigenvalue weighted by Crippen LogP contribution is -2.57. The normalized spacial score (nSPS) is 27.1. The average molecular weight is 460 g/mol. The van der Waals surface area contributed by atoms with E-state index in [0.717, 1.165) is 11.3 Å². The number of unbranched alkanes of at least 4 members (excludes halogenated alkanes) is 1. The largest absolute Gasteiger partial charge is 0.480 e. The van der Waals surface area contributed by atoms with Crippen LogP contribution in [0.3, 0.4) is 0 Å². The molecule has 4 unspecified atom stereocenters. The first kappa shape index (κ1) is 24.3. The highest BCUT2D eigenvalue weighted by Gasteiger charge is 2.72. The minimum absolute atomic E-state index is 0.163. The molecule has 3 amide bonds. The number of aliphatic hydroxyl groups is 1. The van der Waals surface area contributed by atoms with Gasteiger partial charge in [0.15, 0.2) is 5.54 Å². The molecule has 2 saturated heterocycles. The van der Waals surface area contributed by atoms with E-state index in [1.165, 1.54) is 29.2 Å². The molecule has 0 radical (unpaired) electrons. The van der Waals surface area contributed by atoms with Gasteiger partial charge in [0.1, 0.15) is 5.84 Å². The van der Waals surface area contributed by atoms with Crippen LogP contribution in [-0.4, -0.2) is 75.3 Å². The van der Waals surface area contributed by atoms with Gasteiger partial charge >= 0.3 is 5.97 Å². The van der Waals surface area contributed by atoms with Gasteiger partial charge in [-0.3, -0.25) is 29.6 Å². The lowest BCUT2D eigenvalue weighted by atomic mass is 9.75. The van der Waals surface area contributed by atoms with E-state index >= 15 is 0 Å². The molecule has 0 aromatic heterocycles. The smallest absolute Gasteiger partial charge is 0.329 e. The van der Waals surface area contributed by atoms with Gasteiger partial charge in [0, 0.05) is 31.1 Å². The monoisotopic (exact) mass is 459 g/mol. The highest BCUT2D eigenvalue weighted by molar-refractivity contribution is 6.09. The summed E-state index contributed by atoms with van der Waals surface area (Å²) in [5, 5.41) is 28.4. The summed E-state index contributed by atoms with van der Waals surface area (Å²) in [5.74, 6) is -5.80. The summed E-state index contributed by atoms with van der Waals surface area (Å²) < 4.78 is 0. The second-order valence-corrected chi connectivity index (χ2v) is 8.41. The number of hydrogen-bond acceptors (Lipinski definition) is 7. The zero-order valence-electron chi connectivity index (χ0n) is 18.4. The lowest BCUT2D eigenvalue weighted by Gasteiger charge is -2.40. The van der Waals surface area contributed by atoms with Crippen molar-refractivity contribution in [1.29, 1.82) is 5.41 Å². The number of aliphatic hydroxyl groups excluding tert-OH is 1. The number of nitrogen functional groups attached to an aromatic ring is 1. The summed E-state index contributed by atoms with van der Waals surface area (Å²) in [6.45, 7) is 1.33. The predicted molar refractivity (Wildman–Crippen MR) is 117 cm³/mol. The van der Waals surface area contributed by atoms with E-state index in [-0.39, 0.29) is 30.9 Å². The number of benzene rings is 1. The number of nitrogens with zero attached hydrogens (tertiary/aromatic N) is 2. The Morgan fingerprint density at radius 1 is 1.12 bits per heavy atom. The second kappa shape index (κ2) is 9.28. The standard InChI is InChI=1S/C22H29N5O6/c1-2-3-9-26-19(30)16-14(11-28)27(10-8-15(23)29)22(21(32)33,17(16)20(26)31)13-6-4-12(5-7-13)18(24)25/h4-7,14,16-17,28H,2-3,8-11H2,1H3,(H2,23,29)(H3,24,25)(H,32,33). The Labute approximate surface area is 190 Å². The van der Waals surface area contributed by atoms with Gasteiger partial charge in [-0.15, -0.1) is 0 Å². The number of amides is 3. The van der Waals surface area contributed by atoms with Gasteiger partial charge in [0.25, 0.3) is 0 Å². The van der Waals surface area contributed by atoms with Crippen LogP contribution in [0.2, 0.25) is 0 Å². The van der Waals surface area contributed by atoms with E-state index in [1.54, 1.807) is 0 Å². The Morgan fingerprint density at radius 2 is 1.76 bits per heavy atom. The fourth-order valence-corrected chi connectivity index (χ4v) is 5.16. The Hall–Kier alpha value is -3.31. The zero-order valence-corrected chi connectivity index (χ0v) is 18.4. The van der Waals surface area contributed by atoms with Crippen LogP contribution in [0.1, 0.15) is 37.3 Å². The van der Waals surface area contributed by atoms with Gasteiger partial charge in [-0.25, -0.2) is 4.79 Å². The molecule has 1 aromatic carbocycles. The Balaban J connectivity index is 2.23. The van der Waals surface area contributed by atoms with Gasteiger partial charge in [-0.1, -0.05) is 37.6 Å². The van der Waals surface area contributed by atoms with Gasteiger partial charge in [0.05, 0.1) is 18.4 Å². The number of hydrogen-bond donors (Lipinski definition) is 5. The summed E-state index contributed by atoms with van der Waals surface area (Å²) in [4.78, 5) is 53.8. The molecule has 0 bridgehead atoms. The molecule has 4 atom stereocenters. The molecule has 11 nitrogen and oxygen atoms in total. The van der Waals surface area contributed by atoms with E-state index in [1.807, 2.05) is 6.92 Å².